The monoisotopic (exact) mass is 254 g/mol. The van der Waals surface area contributed by atoms with E-state index in [4.69, 9.17) is 9.47 Å². The molecule has 6 heteroatoms. The molecule has 1 atom stereocenters. The van der Waals surface area contributed by atoms with Crippen LogP contribution in [0.25, 0.3) is 0 Å². The normalized spacial score (nSPS) is 11.9. The van der Waals surface area contributed by atoms with Crippen molar-refractivity contribution < 1.29 is 14.4 Å². The van der Waals surface area contributed by atoms with E-state index in [9.17, 15) is 10.1 Å². The fourth-order valence-corrected chi connectivity index (χ4v) is 1.58. The summed E-state index contributed by atoms with van der Waals surface area (Å²) < 4.78 is 10.6. The molecule has 100 valence electrons. The molecule has 0 bridgehead atoms. The summed E-state index contributed by atoms with van der Waals surface area (Å²) in [6, 6.07) is 2.80. The van der Waals surface area contributed by atoms with Gasteiger partial charge in [-0.15, -0.1) is 0 Å². The van der Waals surface area contributed by atoms with Crippen molar-refractivity contribution in [1.29, 1.82) is 0 Å². The lowest BCUT2D eigenvalue weighted by atomic mass is 10.1. The van der Waals surface area contributed by atoms with Crippen LogP contribution in [0.5, 0.6) is 11.8 Å². The van der Waals surface area contributed by atoms with E-state index >= 15 is 0 Å². The van der Waals surface area contributed by atoms with Crippen LogP contribution in [0.2, 0.25) is 0 Å². The predicted octanol–water partition coefficient (Wildman–Crippen LogP) is 2.96. The molecule has 1 aromatic rings. The van der Waals surface area contributed by atoms with E-state index in [0.717, 1.165) is 19.3 Å². The number of aromatic nitrogens is 1. The van der Waals surface area contributed by atoms with Crippen molar-refractivity contribution >= 4 is 5.69 Å². The molecule has 0 aliphatic rings. The van der Waals surface area contributed by atoms with Crippen LogP contribution >= 0.6 is 0 Å². The van der Waals surface area contributed by atoms with Crippen molar-refractivity contribution in [2.75, 3.05) is 7.11 Å². The van der Waals surface area contributed by atoms with Crippen LogP contribution < -0.4 is 9.47 Å². The molecule has 1 heterocycles. The molecule has 0 fully saturated rings. The molecule has 6 nitrogen and oxygen atoms in total. The van der Waals surface area contributed by atoms with Gasteiger partial charge in [0.2, 0.25) is 5.88 Å². The lowest BCUT2D eigenvalue weighted by Crippen LogP contribution is -2.16. The zero-order chi connectivity index (χ0) is 13.5. The van der Waals surface area contributed by atoms with Gasteiger partial charge in [-0.2, -0.15) is 4.98 Å². The van der Waals surface area contributed by atoms with E-state index in [-0.39, 0.29) is 17.7 Å². The summed E-state index contributed by atoms with van der Waals surface area (Å²) in [5, 5.41) is 10.9. The first-order chi connectivity index (χ1) is 8.62. The van der Waals surface area contributed by atoms with Gasteiger partial charge in [-0.25, -0.2) is 0 Å². The molecule has 0 amide bonds. The second kappa shape index (κ2) is 6.78. The number of nitro groups is 1. The van der Waals surface area contributed by atoms with Crippen molar-refractivity contribution in [1.82, 2.24) is 4.98 Å². The Morgan fingerprint density at radius 3 is 2.67 bits per heavy atom. The highest BCUT2D eigenvalue weighted by atomic mass is 16.6. The van der Waals surface area contributed by atoms with Crippen molar-refractivity contribution in [3.8, 4) is 11.8 Å². The van der Waals surface area contributed by atoms with Crippen LogP contribution in [0.1, 0.15) is 33.1 Å². The third-order valence-corrected chi connectivity index (χ3v) is 2.56. The lowest BCUT2D eigenvalue weighted by molar-refractivity contribution is -0.386. The van der Waals surface area contributed by atoms with Crippen LogP contribution in [0.4, 0.5) is 5.69 Å². The van der Waals surface area contributed by atoms with E-state index in [1.165, 1.54) is 19.2 Å². The van der Waals surface area contributed by atoms with Gasteiger partial charge in [-0.1, -0.05) is 20.3 Å². The van der Waals surface area contributed by atoms with Crippen molar-refractivity contribution in [2.24, 2.45) is 0 Å². The largest absolute Gasteiger partial charge is 0.481 e. The topological polar surface area (TPSA) is 74.5 Å². The molecule has 18 heavy (non-hydrogen) atoms. The summed E-state index contributed by atoms with van der Waals surface area (Å²) >= 11 is 0. The van der Waals surface area contributed by atoms with Gasteiger partial charge in [-0.05, 0) is 12.8 Å². The molecule has 1 rings (SSSR count). The molecule has 1 aromatic heterocycles. The van der Waals surface area contributed by atoms with Crippen LogP contribution in [0.15, 0.2) is 12.1 Å². The zero-order valence-electron chi connectivity index (χ0n) is 10.9. The first kappa shape index (κ1) is 14.2. The minimum absolute atomic E-state index is 0.0275. The molecular formula is C12H18N2O4. The smallest absolute Gasteiger partial charge is 0.331 e. The number of nitrogens with zero attached hydrogens (tertiary/aromatic N) is 2. The number of pyridine rings is 1. The van der Waals surface area contributed by atoms with Gasteiger partial charge in [0.1, 0.15) is 6.10 Å². The number of hydrogen-bond donors (Lipinski definition) is 0. The van der Waals surface area contributed by atoms with E-state index in [0.29, 0.717) is 5.88 Å². The van der Waals surface area contributed by atoms with Gasteiger partial charge < -0.3 is 9.47 Å². The van der Waals surface area contributed by atoms with Gasteiger partial charge in [0.25, 0.3) is 5.88 Å². The highest BCUT2D eigenvalue weighted by Gasteiger charge is 2.20. The van der Waals surface area contributed by atoms with Gasteiger partial charge in [0, 0.05) is 12.1 Å². The molecular weight excluding hydrogens is 236 g/mol. The fourth-order valence-electron chi connectivity index (χ4n) is 1.58. The summed E-state index contributed by atoms with van der Waals surface area (Å²) in [7, 11) is 1.46. The van der Waals surface area contributed by atoms with Crippen molar-refractivity contribution in [3.63, 3.8) is 0 Å². The Hall–Kier alpha value is -1.85. The van der Waals surface area contributed by atoms with Gasteiger partial charge in [-0.3, -0.25) is 10.1 Å². The Kier molecular flexibility index (Phi) is 5.35. The molecule has 0 saturated heterocycles. The van der Waals surface area contributed by atoms with Gasteiger partial charge in [0.15, 0.2) is 0 Å². The SMILES string of the molecule is CCCC(CC)Oc1nc(OC)ccc1[N+](=O)[O-]. The molecule has 0 aromatic carbocycles. The highest BCUT2D eigenvalue weighted by Crippen LogP contribution is 2.28. The molecule has 0 spiro atoms. The minimum atomic E-state index is -0.500. The maximum absolute atomic E-state index is 10.9. The molecule has 0 saturated carbocycles. The number of methoxy groups -OCH3 is 1. The predicted molar refractivity (Wildman–Crippen MR) is 67.1 cm³/mol. The second-order valence-electron chi connectivity index (χ2n) is 3.87. The van der Waals surface area contributed by atoms with Crippen LogP contribution in [0.3, 0.4) is 0 Å². The van der Waals surface area contributed by atoms with E-state index in [1.54, 1.807) is 0 Å². The Labute approximate surface area is 106 Å². The fraction of sp³-hybridized carbons (Fsp3) is 0.583. The van der Waals surface area contributed by atoms with E-state index in [2.05, 4.69) is 4.98 Å². The number of rotatable bonds is 7. The third kappa shape index (κ3) is 3.58. The highest BCUT2D eigenvalue weighted by molar-refractivity contribution is 5.43. The summed E-state index contributed by atoms with van der Waals surface area (Å²) in [6.07, 6.45) is 2.51. The zero-order valence-corrected chi connectivity index (χ0v) is 10.9. The Bertz CT molecular complexity index is 409. The Balaban J connectivity index is 2.99. The van der Waals surface area contributed by atoms with E-state index < -0.39 is 4.92 Å². The van der Waals surface area contributed by atoms with Crippen LogP contribution in [0, 0.1) is 10.1 Å². The maximum Gasteiger partial charge on any atom is 0.331 e. The van der Waals surface area contributed by atoms with E-state index in [1.807, 2.05) is 13.8 Å². The summed E-state index contributed by atoms with van der Waals surface area (Å²) in [6.45, 7) is 4.02. The minimum Gasteiger partial charge on any atom is -0.481 e. The molecule has 0 aliphatic carbocycles. The average Bonchev–Trinajstić information content (AvgIpc) is 2.37. The molecule has 0 radical (unpaired) electrons. The maximum atomic E-state index is 10.9. The number of ether oxygens (including phenoxy) is 2. The summed E-state index contributed by atoms with van der Waals surface area (Å²) in [4.78, 5) is 14.4. The average molecular weight is 254 g/mol. The van der Waals surface area contributed by atoms with Crippen molar-refractivity contribution in [2.45, 2.75) is 39.2 Å². The third-order valence-electron chi connectivity index (χ3n) is 2.56. The van der Waals surface area contributed by atoms with Crippen molar-refractivity contribution in [3.05, 3.63) is 22.2 Å². The lowest BCUT2D eigenvalue weighted by Gasteiger charge is -2.16. The molecule has 0 N–H and O–H groups in total. The first-order valence-electron chi connectivity index (χ1n) is 5.98. The number of hydrogen-bond acceptors (Lipinski definition) is 5. The Morgan fingerprint density at radius 2 is 2.17 bits per heavy atom. The molecule has 0 aliphatic heterocycles. The second-order valence-corrected chi connectivity index (χ2v) is 3.87. The molecule has 1 unspecified atom stereocenters. The Morgan fingerprint density at radius 1 is 1.44 bits per heavy atom. The van der Waals surface area contributed by atoms with Crippen LogP contribution in [-0.4, -0.2) is 23.1 Å². The summed E-state index contributed by atoms with van der Waals surface area (Å²) in [5.74, 6) is 0.335. The van der Waals surface area contributed by atoms with Gasteiger partial charge >= 0.3 is 5.69 Å². The first-order valence-corrected chi connectivity index (χ1v) is 5.98. The standard InChI is InChI=1S/C12H18N2O4/c1-4-6-9(5-2)18-12-10(14(15)16)7-8-11(13-12)17-3/h7-9H,4-6H2,1-3H3. The quantitative estimate of drug-likeness (QED) is 0.552. The van der Waals surface area contributed by atoms with Crippen LogP contribution in [-0.2, 0) is 0 Å². The van der Waals surface area contributed by atoms with Gasteiger partial charge in [0.05, 0.1) is 12.0 Å². The summed E-state index contributed by atoms with van der Waals surface area (Å²) in [5.41, 5.74) is -0.134.